The van der Waals surface area contributed by atoms with Gasteiger partial charge in [0.2, 0.25) is 5.91 Å². The molecule has 7 heteroatoms. The highest BCUT2D eigenvalue weighted by Crippen LogP contribution is 2.17. The predicted octanol–water partition coefficient (Wildman–Crippen LogP) is 4.12. The van der Waals surface area contributed by atoms with Gasteiger partial charge in [0, 0.05) is 35.2 Å². The number of hydrogen-bond acceptors (Lipinski definition) is 3. The van der Waals surface area contributed by atoms with Crippen molar-refractivity contribution in [2.45, 2.75) is 45.3 Å². The second-order valence-electron chi connectivity index (χ2n) is 7.25. The summed E-state index contributed by atoms with van der Waals surface area (Å²) in [5, 5.41) is 2.89. The first-order chi connectivity index (χ1) is 12.1. The third kappa shape index (κ3) is 6.44. The van der Waals surface area contributed by atoms with E-state index in [2.05, 4.69) is 21.2 Å². The molecule has 1 aliphatic rings. The van der Waals surface area contributed by atoms with Crippen LogP contribution in [-0.4, -0.2) is 41.6 Å². The summed E-state index contributed by atoms with van der Waals surface area (Å²) < 4.78 is 19.8. The lowest BCUT2D eigenvalue weighted by Gasteiger charge is -2.33. The van der Waals surface area contributed by atoms with Crippen molar-refractivity contribution in [2.75, 3.05) is 13.1 Å². The smallest absolute Gasteiger partial charge is 0.410 e. The molecule has 2 amide bonds. The molecule has 0 radical (unpaired) electrons. The number of carbonyl (C=O) groups is 2. The van der Waals surface area contributed by atoms with Crippen LogP contribution in [0, 0.1) is 5.82 Å². The number of likely N-dealkylation sites (tertiary alicyclic amines) is 1. The molecule has 1 aromatic carbocycles. The standard InChI is InChI=1S/C19H24BrFN2O3/c1-19(2,3)26-18(25)23-10-8-15(9-11-23)22-17(24)7-4-13-12-14(20)5-6-16(13)21/h4-7,12,15H,8-11H2,1-3H3,(H,22,24)/b7-4+. The highest BCUT2D eigenvalue weighted by molar-refractivity contribution is 9.10. The van der Waals surface area contributed by atoms with Crippen LogP contribution in [0.2, 0.25) is 0 Å². The number of nitrogens with one attached hydrogen (secondary N) is 1. The van der Waals surface area contributed by atoms with Crippen molar-refractivity contribution in [2.24, 2.45) is 0 Å². The SMILES string of the molecule is CC(C)(C)OC(=O)N1CCC(NC(=O)/C=C/c2cc(Br)ccc2F)CC1. The fourth-order valence-electron chi connectivity index (χ4n) is 2.59. The number of nitrogens with zero attached hydrogens (tertiary/aromatic N) is 1. The van der Waals surface area contributed by atoms with Gasteiger partial charge < -0.3 is 15.0 Å². The minimum absolute atomic E-state index is 0.0156. The lowest BCUT2D eigenvalue weighted by Crippen LogP contribution is -2.47. The Morgan fingerprint density at radius 1 is 1.31 bits per heavy atom. The van der Waals surface area contributed by atoms with E-state index in [0.717, 1.165) is 4.47 Å². The van der Waals surface area contributed by atoms with E-state index in [4.69, 9.17) is 4.74 Å². The molecule has 26 heavy (non-hydrogen) atoms. The van der Waals surface area contributed by atoms with E-state index in [-0.39, 0.29) is 23.9 Å². The molecule has 0 unspecified atom stereocenters. The van der Waals surface area contributed by atoms with Crippen molar-refractivity contribution in [1.29, 1.82) is 0 Å². The Balaban J connectivity index is 1.82. The third-order valence-corrected chi connectivity index (χ3v) is 4.36. The van der Waals surface area contributed by atoms with E-state index >= 15 is 0 Å². The number of rotatable bonds is 3. The number of piperidine rings is 1. The van der Waals surface area contributed by atoms with Gasteiger partial charge in [-0.15, -0.1) is 0 Å². The van der Waals surface area contributed by atoms with E-state index in [1.165, 1.54) is 18.2 Å². The number of hydrogen-bond donors (Lipinski definition) is 1. The molecule has 0 atom stereocenters. The first-order valence-corrected chi connectivity index (χ1v) is 9.35. The summed E-state index contributed by atoms with van der Waals surface area (Å²) in [6.07, 6.45) is 3.76. The van der Waals surface area contributed by atoms with Gasteiger partial charge in [0.15, 0.2) is 0 Å². The minimum Gasteiger partial charge on any atom is -0.444 e. The van der Waals surface area contributed by atoms with Crippen LogP contribution < -0.4 is 5.32 Å². The summed E-state index contributed by atoms with van der Waals surface area (Å²) in [6, 6.07) is 4.54. The lowest BCUT2D eigenvalue weighted by molar-refractivity contribution is -0.117. The second-order valence-corrected chi connectivity index (χ2v) is 8.17. The molecule has 0 spiro atoms. The van der Waals surface area contributed by atoms with E-state index < -0.39 is 5.60 Å². The molecule has 142 valence electrons. The van der Waals surface area contributed by atoms with Crippen molar-refractivity contribution >= 4 is 34.0 Å². The highest BCUT2D eigenvalue weighted by atomic mass is 79.9. The maximum absolute atomic E-state index is 13.7. The average Bonchev–Trinajstić information content (AvgIpc) is 2.55. The zero-order valence-electron chi connectivity index (χ0n) is 15.2. The van der Waals surface area contributed by atoms with E-state index in [9.17, 15) is 14.0 Å². The van der Waals surface area contributed by atoms with Crippen LogP contribution in [0.5, 0.6) is 0 Å². The zero-order chi connectivity index (χ0) is 19.3. The second kappa shape index (κ2) is 8.66. The summed E-state index contributed by atoms with van der Waals surface area (Å²) in [5.41, 5.74) is -0.177. The Bertz CT molecular complexity index is 693. The van der Waals surface area contributed by atoms with Crippen LogP contribution in [0.4, 0.5) is 9.18 Å². The Kier molecular flexibility index (Phi) is 6.81. The summed E-state index contributed by atoms with van der Waals surface area (Å²) in [5.74, 6) is -0.664. The van der Waals surface area contributed by atoms with Crippen LogP contribution in [-0.2, 0) is 9.53 Å². The third-order valence-electron chi connectivity index (χ3n) is 3.87. The molecular formula is C19H24BrFN2O3. The number of amides is 2. The van der Waals surface area contributed by atoms with Crippen LogP contribution in [0.15, 0.2) is 28.7 Å². The Hall–Kier alpha value is -1.89. The lowest BCUT2D eigenvalue weighted by atomic mass is 10.1. The quantitative estimate of drug-likeness (QED) is 0.739. The van der Waals surface area contributed by atoms with Gasteiger partial charge in [0.1, 0.15) is 11.4 Å². The monoisotopic (exact) mass is 426 g/mol. The van der Waals surface area contributed by atoms with Crippen LogP contribution >= 0.6 is 15.9 Å². The Morgan fingerprint density at radius 3 is 2.58 bits per heavy atom. The van der Waals surface area contributed by atoms with Crippen LogP contribution in [0.25, 0.3) is 6.08 Å². The molecule has 0 aromatic heterocycles. The first-order valence-electron chi connectivity index (χ1n) is 8.55. The average molecular weight is 427 g/mol. The van der Waals surface area contributed by atoms with Crippen molar-refractivity contribution < 1.29 is 18.7 Å². The first kappa shape index (κ1) is 20.4. The van der Waals surface area contributed by atoms with E-state index in [0.29, 0.717) is 31.5 Å². The molecule has 1 N–H and O–H groups in total. The number of benzene rings is 1. The molecule has 1 fully saturated rings. The van der Waals surface area contributed by atoms with Gasteiger partial charge in [-0.05, 0) is 57.9 Å². The predicted molar refractivity (Wildman–Crippen MR) is 102 cm³/mol. The summed E-state index contributed by atoms with van der Waals surface area (Å²) in [6.45, 7) is 6.56. The maximum atomic E-state index is 13.7. The molecule has 1 heterocycles. The van der Waals surface area contributed by atoms with Gasteiger partial charge >= 0.3 is 6.09 Å². The number of carbonyl (C=O) groups excluding carboxylic acids is 2. The fraction of sp³-hybridized carbons (Fsp3) is 0.474. The minimum atomic E-state index is -0.519. The Morgan fingerprint density at radius 2 is 1.96 bits per heavy atom. The van der Waals surface area contributed by atoms with Crippen molar-refractivity contribution in [3.63, 3.8) is 0 Å². The van der Waals surface area contributed by atoms with E-state index in [1.807, 2.05) is 20.8 Å². The molecule has 1 saturated heterocycles. The molecular weight excluding hydrogens is 403 g/mol. The van der Waals surface area contributed by atoms with Crippen LogP contribution in [0.3, 0.4) is 0 Å². The molecule has 1 aromatic rings. The fourth-order valence-corrected chi connectivity index (χ4v) is 2.97. The van der Waals surface area contributed by atoms with Gasteiger partial charge in [0.05, 0.1) is 0 Å². The van der Waals surface area contributed by atoms with Gasteiger partial charge in [-0.25, -0.2) is 9.18 Å². The van der Waals surface area contributed by atoms with Crippen LogP contribution in [0.1, 0.15) is 39.2 Å². The number of halogens is 2. The molecule has 0 saturated carbocycles. The Labute approximate surface area is 161 Å². The largest absolute Gasteiger partial charge is 0.444 e. The maximum Gasteiger partial charge on any atom is 0.410 e. The summed E-state index contributed by atoms with van der Waals surface area (Å²) in [4.78, 5) is 25.7. The summed E-state index contributed by atoms with van der Waals surface area (Å²) >= 11 is 3.27. The van der Waals surface area contributed by atoms with Crippen molar-refractivity contribution in [1.82, 2.24) is 10.2 Å². The van der Waals surface area contributed by atoms with Crippen molar-refractivity contribution in [3.05, 3.63) is 40.1 Å². The summed E-state index contributed by atoms with van der Waals surface area (Å²) in [7, 11) is 0. The highest BCUT2D eigenvalue weighted by Gasteiger charge is 2.27. The zero-order valence-corrected chi connectivity index (χ0v) is 16.8. The molecule has 1 aliphatic heterocycles. The topological polar surface area (TPSA) is 58.6 Å². The molecule has 0 aliphatic carbocycles. The molecule has 2 rings (SSSR count). The van der Waals surface area contributed by atoms with Gasteiger partial charge in [-0.1, -0.05) is 15.9 Å². The van der Waals surface area contributed by atoms with Gasteiger partial charge in [0.25, 0.3) is 0 Å². The van der Waals surface area contributed by atoms with Gasteiger partial charge in [-0.2, -0.15) is 0 Å². The number of ether oxygens (including phenoxy) is 1. The van der Waals surface area contributed by atoms with E-state index in [1.54, 1.807) is 17.0 Å². The van der Waals surface area contributed by atoms with Gasteiger partial charge in [-0.3, -0.25) is 4.79 Å². The normalized spacial score (nSPS) is 16.0. The van der Waals surface area contributed by atoms with Crippen molar-refractivity contribution in [3.8, 4) is 0 Å². The molecule has 5 nitrogen and oxygen atoms in total. The molecule has 0 bridgehead atoms.